The number of benzene rings is 1. The van der Waals surface area contributed by atoms with E-state index in [9.17, 15) is 0 Å². The molecule has 1 aromatic carbocycles. The lowest BCUT2D eigenvalue weighted by Crippen LogP contribution is -2.05. The van der Waals surface area contributed by atoms with Gasteiger partial charge in [0.2, 0.25) is 0 Å². The van der Waals surface area contributed by atoms with Crippen LogP contribution in [0.3, 0.4) is 0 Å². The van der Waals surface area contributed by atoms with Crippen LogP contribution in [0.4, 0.5) is 0 Å². The number of hydrogen-bond donors (Lipinski definition) is 1. The van der Waals surface area contributed by atoms with E-state index in [4.69, 9.17) is 22.1 Å². The van der Waals surface area contributed by atoms with Crippen molar-refractivity contribution in [1.82, 2.24) is 0 Å². The van der Waals surface area contributed by atoms with Gasteiger partial charge in [0.25, 0.3) is 0 Å². The number of methoxy groups -OCH3 is 1. The number of ether oxygens (including phenoxy) is 1. The van der Waals surface area contributed by atoms with Gasteiger partial charge in [-0.3, -0.25) is 0 Å². The summed E-state index contributed by atoms with van der Waals surface area (Å²) in [6.07, 6.45) is 1.92. The lowest BCUT2D eigenvalue weighted by Gasteiger charge is -2.17. The average Bonchev–Trinajstić information content (AvgIpc) is 2.27. The van der Waals surface area contributed by atoms with Crippen LogP contribution in [-0.2, 0) is 6.42 Å². The fraction of sp³-hybridized carbons (Fsp3) is 0.538. The molecular formula is C13H20ClNO. The zero-order chi connectivity index (χ0) is 12.1. The molecule has 0 heterocycles. The summed E-state index contributed by atoms with van der Waals surface area (Å²) in [4.78, 5) is 0. The quantitative estimate of drug-likeness (QED) is 0.858. The van der Waals surface area contributed by atoms with Gasteiger partial charge in [0.05, 0.1) is 12.1 Å². The second-order valence-corrected chi connectivity index (χ2v) is 4.46. The van der Waals surface area contributed by atoms with Crippen molar-refractivity contribution < 1.29 is 4.74 Å². The van der Waals surface area contributed by atoms with E-state index in [0.29, 0.717) is 17.5 Å². The fourth-order valence-corrected chi connectivity index (χ4v) is 2.11. The van der Waals surface area contributed by atoms with Crippen LogP contribution >= 0.6 is 11.6 Å². The van der Waals surface area contributed by atoms with Crippen LogP contribution < -0.4 is 10.5 Å². The van der Waals surface area contributed by atoms with Gasteiger partial charge in [-0.15, -0.1) is 0 Å². The average molecular weight is 242 g/mol. The van der Waals surface area contributed by atoms with Gasteiger partial charge in [0.15, 0.2) is 0 Å². The van der Waals surface area contributed by atoms with Gasteiger partial charge in [-0.25, -0.2) is 0 Å². The molecule has 0 bridgehead atoms. The zero-order valence-electron chi connectivity index (χ0n) is 10.2. The molecule has 0 saturated carbocycles. The normalized spacial score (nSPS) is 12.6. The summed E-state index contributed by atoms with van der Waals surface area (Å²) in [5.74, 6) is 1.25. The Kier molecular flexibility index (Phi) is 5.10. The smallest absolute Gasteiger partial charge is 0.140 e. The Balaban J connectivity index is 3.19. The van der Waals surface area contributed by atoms with Gasteiger partial charge in [0, 0.05) is 0 Å². The summed E-state index contributed by atoms with van der Waals surface area (Å²) in [7, 11) is 1.66. The van der Waals surface area contributed by atoms with Gasteiger partial charge >= 0.3 is 0 Å². The van der Waals surface area contributed by atoms with E-state index in [1.165, 1.54) is 11.1 Å². The Morgan fingerprint density at radius 2 is 2.12 bits per heavy atom. The molecule has 1 aromatic rings. The van der Waals surface area contributed by atoms with Crippen LogP contribution in [0.15, 0.2) is 12.1 Å². The molecule has 0 spiro atoms. The van der Waals surface area contributed by atoms with Gasteiger partial charge < -0.3 is 10.5 Å². The maximum absolute atomic E-state index is 6.21. The minimum atomic E-state index is 0.449. The van der Waals surface area contributed by atoms with Crippen molar-refractivity contribution in [2.75, 3.05) is 13.7 Å². The van der Waals surface area contributed by atoms with E-state index in [1.807, 2.05) is 6.07 Å². The molecule has 0 saturated heterocycles. The lowest BCUT2D eigenvalue weighted by atomic mass is 9.95. The lowest BCUT2D eigenvalue weighted by molar-refractivity contribution is 0.406. The molecular weight excluding hydrogens is 222 g/mol. The third-order valence-corrected chi connectivity index (χ3v) is 3.19. The summed E-state index contributed by atoms with van der Waals surface area (Å²) in [5.41, 5.74) is 7.93. The molecule has 1 atom stereocenters. The molecule has 1 rings (SSSR count). The van der Waals surface area contributed by atoms with Crippen molar-refractivity contribution in [1.29, 1.82) is 0 Å². The molecule has 90 valence electrons. The second kappa shape index (κ2) is 6.12. The van der Waals surface area contributed by atoms with Gasteiger partial charge in [0.1, 0.15) is 5.75 Å². The maximum Gasteiger partial charge on any atom is 0.140 e. The Labute approximate surface area is 103 Å². The molecule has 0 aromatic heterocycles. The second-order valence-electron chi connectivity index (χ2n) is 4.05. The SMILES string of the molecule is CCC(C)c1cc(CCN)cc(Cl)c1OC. The number of hydrogen-bond acceptors (Lipinski definition) is 2. The Hall–Kier alpha value is -0.730. The van der Waals surface area contributed by atoms with Crippen molar-refractivity contribution in [2.45, 2.75) is 32.6 Å². The first-order valence-electron chi connectivity index (χ1n) is 5.70. The minimum absolute atomic E-state index is 0.449. The zero-order valence-corrected chi connectivity index (χ0v) is 11.0. The summed E-state index contributed by atoms with van der Waals surface area (Å²) in [6, 6.07) is 4.10. The summed E-state index contributed by atoms with van der Waals surface area (Å²) in [5, 5.41) is 0.684. The van der Waals surface area contributed by atoms with E-state index in [2.05, 4.69) is 19.9 Å². The van der Waals surface area contributed by atoms with Crippen molar-refractivity contribution >= 4 is 11.6 Å². The number of rotatable bonds is 5. The van der Waals surface area contributed by atoms with Crippen LogP contribution in [0.1, 0.15) is 37.3 Å². The highest BCUT2D eigenvalue weighted by Gasteiger charge is 2.14. The van der Waals surface area contributed by atoms with Crippen molar-refractivity contribution in [3.8, 4) is 5.75 Å². The third kappa shape index (κ3) is 2.89. The summed E-state index contributed by atoms with van der Waals surface area (Å²) in [6.45, 7) is 4.98. The molecule has 1 unspecified atom stereocenters. The predicted octanol–water partition coefficient (Wildman–Crippen LogP) is 3.36. The van der Waals surface area contributed by atoms with Crippen LogP contribution in [0, 0.1) is 0 Å². The van der Waals surface area contributed by atoms with Crippen molar-refractivity contribution in [3.05, 3.63) is 28.3 Å². The highest BCUT2D eigenvalue weighted by Crippen LogP contribution is 2.36. The van der Waals surface area contributed by atoms with Gasteiger partial charge in [-0.2, -0.15) is 0 Å². The van der Waals surface area contributed by atoms with E-state index < -0.39 is 0 Å². The first-order chi connectivity index (χ1) is 7.63. The van der Waals surface area contributed by atoms with Crippen molar-refractivity contribution in [3.63, 3.8) is 0 Å². The first-order valence-corrected chi connectivity index (χ1v) is 6.08. The molecule has 16 heavy (non-hydrogen) atoms. The Bertz CT molecular complexity index is 352. The first kappa shape index (κ1) is 13.3. The maximum atomic E-state index is 6.21. The Morgan fingerprint density at radius 3 is 2.62 bits per heavy atom. The highest BCUT2D eigenvalue weighted by atomic mass is 35.5. The van der Waals surface area contributed by atoms with Crippen LogP contribution in [0.5, 0.6) is 5.75 Å². The molecule has 0 amide bonds. The van der Waals surface area contributed by atoms with E-state index in [0.717, 1.165) is 18.6 Å². The molecule has 0 fully saturated rings. The third-order valence-electron chi connectivity index (χ3n) is 2.91. The monoisotopic (exact) mass is 241 g/mol. The fourth-order valence-electron chi connectivity index (χ4n) is 1.79. The molecule has 0 radical (unpaired) electrons. The summed E-state index contributed by atoms with van der Waals surface area (Å²) < 4.78 is 5.37. The molecule has 2 nitrogen and oxygen atoms in total. The summed E-state index contributed by atoms with van der Waals surface area (Å²) >= 11 is 6.21. The van der Waals surface area contributed by atoms with Crippen LogP contribution in [-0.4, -0.2) is 13.7 Å². The number of nitrogens with two attached hydrogens (primary N) is 1. The standard InChI is InChI=1S/C13H20ClNO/c1-4-9(2)11-7-10(5-6-15)8-12(14)13(11)16-3/h7-9H,4-6,15H2,1-3H3. The largest absolute Gasteiger partial charge is 0.495 e. The predicted molar refractivity (Wildman–Crippen MR) is 69.5 cm³/mol. The van der Waals surface area contributed by atoms with E-state index >= 15 is 0 Å². The minimum Gasteiger partial charge on any atom is -0.495 e. The van der Waals surface area contributed by atoms with Gasteiger partial charge in [-0.05, 0) is 42.5 Å². The van der Waals surface area contributed by atoms with Crippen LogP contribution in [0.2, 0.25) is 5.02 Å². The Morgan fingerprint density at radius 1 is 1.44 bits per heavy atom. The molecule has 0 aliphatic rings. The van der Waals surface area contributed by atoms with Gasteiger partial charge in [-0.1, -0.05) is 31.5 Å². The topological polar surface area (TPSA) is 35.2 Å². The van der Waals surface area contributed by atoms with Crippen LogP contribution in [0.25, 0.3) is 0 Å². The van der Waals surface area contributed by atoms with E-state index in [1.54, 1.807) is 7.11 Å². The molecule has 0 aliphatic carbocycles. The molecule has 2 N–H and O–H groups in total. The molecule has 3 heteroatoms. The van der Waals surface area contributed by atoms with Crippen molar-refractivity contribution in [2.24, 2.45) is 5.73 Å². The van der Waals surface area contributed by atoms with E-state index in [-0.39, 0.29) is 0 Å². The number of halogens is 1. The molecule has 0 aliphatic heterocycles. The highest BCUT2D eigenvalue weighted by molar-refractivity contribution is 6.32.